The van der Waals surface area contributed by atoms with Crippen LogP contribution < -0.4 is 10.6 Å². The van der Waals surface area contributed by atoms with Crippen LogP contribution in [0.5, 0.6) is 5.75 Å². The fourth-order valence-corrected chi connectivity index (χ4v) is 1.92. The zero-order chi connectivity index (χ0) is 13.8. The van der Waals surface area contributed by atoms with Crippen LogP contribution >= 0.6 is 0 Å². The number of hydrogen-bond acceptors (Lipinski definition) is 3. The van der Waals surface area contributed by atoms with Crippen LogP contribution in [0.25, 0.3) is 0 Å². The van der Waals surface area contributed by atoms with E-state index in [1.54, 1.807) is 11.0 Å². The highest BCUT2D eigenvalue weighted by atomic mass is 16.3. The maximum atomic E-state index is 12.5. The van der Waals surface area contributed by atoms with Crippen molar-refractivity contribution in [3.05, 3.63) is 54.1 Å². The Morgan fingerprint density at radius 1 is 1.21 bits per heavy atom. The molecular weight excluding hydrogens is 240 g/mol. The van der Waals surface area contributed by atoms with Gasteiger partial charge in [-0.1, -0.05) is 18.2 Å². The molecule has 4 heteroatoms. The molecule has 1 amide bonds. The molecule has 0 atom stereocenters. The van der Waals surface area contributed by atoms with Crippen LogP contribution in [0.4, 0.5) is 11.4 Å². The van der Waals surface area contributed by atoms with Gasteiger partial charge in [0.05, 0.1) is 5.56 Å². The number of nitrogen functional groups attached to an aromatic ring is 1. The number of anilines is 2. The van der Waals surface area contributed by atoms with E-state index in [0.29, 0.717) is 12.2 Å². The monoisotopic (exact) mass is 256 g/mol. The molecule has 0 bridgehead atoms. The maximum Gasteiger partial charge on any atom is 0.262 e. The van der Waals surface area contributed by atoms with Gasteiger partial charge >= 0.3 is 0 Å². The van der Waals surface area contributed by atoms with E-state index in [-0.39, 0.29) is 17.2 Å². The summed E-state index contributed by atoms with van der Waals surface area (Å²) in [7, 11) is 0. The number of carbonyl (C=O) groups is 1. The lowest BCUT2D eigenvalue weighted by atomic mass is 10.1. The van der Waals surface area contributed by atoms with Gasteiger partial charge in [0.1, 0.15) is 5.75 Å². The number of benzene rings is 2. The lowest BCUT2D eigenvalue weighted by Crippen LogP contribution is -2.30. The van der Waals surface area contributed by atoms with E-state index in [4.69, 9.17) is 5.73 Å². The Balaban J connectivity index is 2.39. The molecule has 0 aliphatic rings. The molecule has 0 saturated carbocycles. The van der Waals surface area contributed by atoms with Crippen LogP contribution in [0.1, 0.15) is 17.3 Å². The number of hydrogen-bond donors (Lipinski definition) is 2. The minimum absolute atomic E-state index is 0.0615. The molecule has 98 valence electrons. The third-order valence-electron chi connectivity index (χ3n) is 2.88. The standard InChI is InChI=1S/C15H16N2O2/c1-2-17(12-6-4-3-5-7-12)15(19)13-10-11(16)8-9-14(13)18/h3-10,18H,2,16H2,1H3. The number of para-hydroxylation sites is 1. The van der Waals surface area contributed by atoms with E-state index in [9.17, 15) is 9.90 Å². The Hall–Kier alpha value is -2.49. The van der Waals surface area contributed by atoms with E-state index in [2.05, 4.69) is 0 Å². The lowest BCUT2D eigenvalue weighted by molar-refractivity contribution is 0.0986. The highest BCUT2D eigenvalue weighted by Crippen LogP contribution is 2.24. The quantitative estimate of drug-likeness (QED) is 0.655. The first-order valence-corrected chi connectivity index (χ1v) is 6.09. The van der Waals surface area contributed by atoms with Crippen LogP contribution in [-0.4, -0.2) is 17.6 Å². The van der Waals surface area contributed by atoms with E-state index < -0.39 is 0 Å². The Kier molecular flexibility index (Phi) is 3.71. The first kappa shape index (κ1) is 13.0. The molecule has 2 rings (SSSR count). The Bertz CT molecular complexity index is 582. The summed E-state index contributed by atoms with van der Waals surface area (Å²) in [4.78, 5) is 14.1. The number of phenolic OH excluding ortho intramolecular Hbond substituents is 1. The van der Waals surface area contributed by atoms with Gasteiger partial charge in [-0.05, 0) is 37.3 Å². The molecular formula is C15H16N2O2. The predicted molar refractivity (Wildman–Crippen MR) is 76.3 cm³/mol. The summed E-state index contributed by atoms with van der Waals surface area (Å²) in [5.41, 5.74) is 7.12. The minimum Gasteiger partial charge on any atom is -0.507 e. The number of phenols is 1. The van der Waals surface area contributed by atoms with Crippen molar-refractivity contribution in [3.63, 3.8) is 0 Å². The minimum atomic E-state index is -0.265. The Morgan fingerprint density at radius 2 is 1.89 bits per heavy atom. The first-order valence-electron chi connectivity index (χ1n) is 6.09. The number of aromatic hydroxyl groups is 1. The van der Waals surface area contributed by atoms with Gasteiger partial charge in [-0.25, -0.2) is 0 Å². The third-order valence-corrected chi connectivity index (χ3v) is 2.88. The summed E-state index contributed by atoms with van der Waals surface area (Å²) in [5, 5.41) is 9.79. The number of nitrogens with two attached hydrogens (primary N) is 1. The summed E-state index contributed by atoms with van der Waals surface area (Å²) in [6.07, 6.45) is 0. The van der Waals surface area contributed by atoms with Crippen molar-refractivity contribution in [2.45, 2.75) is 6.92 Å². The SMILES string of the molecule is CCN(C(=O)c1cc(N)ccc1O)c1ccccc1. The first-order chi connectivity index (χ1) is 9.13. The Labute approximate surface area is 112 Å². The van der Waals surface area contributed by atoms with Gasteiger partial charge in [0.2, 0.25) is 0 Å². The molecule has 0 radical (unpaired) electrons. The van der Waals surface area contributed by atoms with Crippen molar-refractivity contribution < 1.29 is 9.90 Å². The second-order valence-electron chi connectivity index (χ2n) is 4.16. The molecule has 0 fully saturated rings. The second kappa shape index (κ2) is 5.44. The Morgan fingerprint density at radius 3 is 2.53 bits per heavy atom. The molecule has 19 heavy (non-hydrogen) atoms. The van der Waals surface area contributed by atoms with E-state index in [1.807, 2.05) is 37.3 Å². The highest BCUT2D eigenvalue weighted by molar-refractivity contribution is 6.08. The third kappa shape index (κ3) is 2.68. The van der Waals surface area contributed by atoms with Crippen LogP contribution in [0, 0.1) is 0 Å². The van der Waals surface area contributed by atoms with E-state index in [1.165, 1.54) is 12.1 Å². The molecule has 2 aromatic rings. The molecule has 3 N–H and O–H groups in total. The number of carbonyl (C=O) groups excluding carboxylic acids is 1. The van der Waals surface area contributed by atoms with Gasteiger partial charge < -0.3 is 15.7 Å². The molecule has 0 unspecified atom stereocenters. The molecule has 2 aromatic carbocycles. The number of amides is 1. The number of nitrogens with zero attached hydrogens (tertiary/aromatic N) is 1. The summed E-state index contributed by atoms with van der Waals surface area (Å²) >= 11 is 0. The topological polar surface area (TPSA) is 66.6 Å². The normalized spacial score (nSPS) is 10.2. The largest absolute Gasteiger partial charge is 0.507 e. The fraction of sp³-hybridized carbons (Fsp3) is 0.133. The van der Waals surface area contributed by atoms with Crippen molar-refractivity contribution in [1.29, 1.82) is 0 Å². The summed E-state index contributed by atoms with van der Waals surface area (Å²) in [5.74, 6) is -0.327. The van der Waals surface area contributed by atoms with Gasteiger partial charge in [0, 0.05) is 17.9 Å². The molecule has 0 aliphatic heterocycles. The molecule has 0 heterocycles. The van der Waals surface area contributed by atoms with Crippen molar-refractivity contribution in [2.75, 3.05) is 17.2 Å². The van der Waals surface area contributed by atoms with Crippen molar-refractivity contribution in [2.24, 2.45) is 0 Å². The zero-order valence-corrected chi connectivity index (χ0v) is 10.7. The average Bonchev–Trinajstić information content (AvgIpc) is 2.43. The van der Waals surface area contributed by atoms with Gasteiger partial charge in [-0.15, -0.1) is 0 Å². The van der Waals surface area contributed by atoms with Crippen LogP contribution in [-0.2, 0) is 0 Å². The van der Waals surface area contributed by atoms with Gasteiger partial charge in [-0.3, -0.25) is 4.79 Å². The summed E-state index contributed by atoms with van der Waals surface area (Å²) in [6, 6.07) is 13.8. The summed E-state index contributed by atoms with van der Waals surface area (Å²) < 4.78 is 0. The summed E-state index contributed by atoms with van der Waals surface area (Å²) in [6.45, 7) is 2.39. The van der Waals surface area contributed by atoms with Crippen LogP contribution in [0.2, 0.25) is 0 Å². The predicted octanol–water partition coefficient (Wildman–Crippen LogP) is 2.64. The highest BCUT2D eigenvalue weighted by Gasteiger charge is 2.19. The second-order valence-corrected chi connectivity index (χ2v) is 4.16. The van der Waals surface area contributed by atoms with Gasteiger partial charge in [0.25, 0.3) is 5.91 Å². The lowest BCUT2D eigenvalue weighted by Gasteiger charge is -2.21. The zero-order valence-electron chi connectivity index (χ0n) is 10.7. The average molecular weight is 256 g/mol. The molecule has 0 spiro atoms. The number of rotatable bonds is 3. The van der Waals surface area contributed by atoms with E-state index >= 15 is 0 Å². The fourth-order valence-electron chi connectivity index (χ4n) is 1.92. The van der Waals surface area contributed by atoms with Crippen molar-refractivity contribution >= 4 is 17.3 Å². The maximum absolute atomic E-state index is 12.5. The van der Waals surface area contributed by atoms with Crippen LogP contribution in [0.15, 0.2) is 48.5 Å². The smallest absolute Gasteiger partial charge is 0.262 e. The van der Waals surface area contributed by atoms with Gasteiger partial charge in [0.15, 0.2) is 0 Å². The van der Waals surface area contributed by atoms with Gasteiger partial charge in [-0.2, -0.15) is 0 Å². The van der Waals surface area contributed by atoms with E-state index in [0.717, 1.165) is 5.69 Å². The van der Waals surface area contributed by atoms with Crippen molar-refractivity contribution in [1.82, 2.24) is 0 Å². The van der Waals surface area contributed by atoms with Crippen molar-refractivity contribution in [3.8, 4) is 5.75 Å². The molecule has 4 nitrogen and oxygen atoms in total. The molecule has 0 aliphatic carbocycles. The molecule has 0 aromatic heterocycles. The van der Waals surface area contributed by atoms with Crippen LogP contribution in [0.3, 0.4) is 0 Å². The molecule has 0 saturated heterocycles.